The number of amides is 2. The molecule has 2 amide bonds. The van der Waals surface area contributed by atoms with Gasteiger partial charge in [-0.15, -0.1) is 0 Å². The lowest BCUT2D eigenvalue weighted by Crippen LogP contribution is -2.45. The van der Waals surface area contributed by atoms with Crippen molar-refractivity contribution < 1.29 is 38.9 Å². The lowest BCUT2D eigenvalue weighted by molar-refractivity contribution is -0.151. The molecule has 2 atom stereocenters. The molecule has 2 aromatic carbocycles. The van der Waals surface area contributed by atoms with Gasteiger partial charge in [-0.3, -0.25) is 19.2 Å². The fraction of sp³-hybridized carbons (Fsp3) is 0.704. The van der Waals surface area contributed by atoms with Crippen molar-refractivity contribution in [3.63, 3.8) is 0 Å². The second-order valence-corrected chi connectivity index (χ2v) is 22.1. The summed E-state index contributed by atoms with van der Waals surface area (Å²) in [5.74, 6) is -1.88. The van der Waals surface area contributed by atoms with Gasteiger partial charge < -0.3 is 30.3 Å². The number of unbranched alkanes of at least 4 members (excludes halogenated alkanes) is 8. The molecule has 0 aliphatic heterocycles. The Labute approximate surface area is 387 Å². The minimum atomic E-state index is -0.842. The molecule has 0 saturated heterocycles. The van der Waals surface area contributed by atoms with Crippen molar-refractivity contribution in [3.8, 4) is 11.5 Å². The van der Waals surface area contributed by atoms with Gasteiger partial charge in [0.1, 0.15) is 23.7 Å². The van der Waals surface area contributed by atoms with E-state index in [9.17, 15) is 29.4 Å². The number of carbonyl (C=O) groups is 4. The molecule has 64 heavy (non-hydrogen) atoms. The molecule has 0 fully saturated rings. The molecule has 0 aliphatic carbocycles. The number of ether oxygens (including phenoxy) is 2. The molecular formula is C54H88N2O8. The van der Waals surface area contributed by atoms with Gasteiger partial charge in [-0.2, -0.15) is 0 Å². The maximum atomic E-state index is 13.3. The van der Waals surface area contributed by atoms with Crippen LogP contribution < -0.4 is 10.6 Å². The van der Waals surface area contributed by atoms with E-state index < -0.39 is 36.0 Å². The van der Waals surface area contributed by atoms with Crippen molar-refractivity contribution in [1.29, 1.82) is 0 Å². The Morgan fingerprint density at radius 3 is 1.03 bits per heavy atom. The van der Waals surface area contributed by atoms with E-state index in [1.807, 2.05) is 24.3 Å². The summed E-state index contributed by atoms with van der Waals surface area (Å²) in [6.45, 7) is 29.0. The van der Waals surface area contributed by atoms with E-state index in [4.69, 9.17) is 9.47 Å². The minimum Gasteiger partial charge on any atom is -0.507 e. The number of esters is 2. The van der Waals surface area contributed by atoms with Crippen molar-refractivity contribution >= 4 is 23.8 Å². The maximum Gasteiger partial charge on any atom is 0.309 e. The molecule has 0 aromatic heterocycles. The molecule has 0 radical (unpaired) electrons. The highest BCUT2D eigenvalue weighted by atomic mass is 16.5. The number of nitrogens with one attached hydrogen (secondary N) is 2. The Balaban J connectivity index is 2.11. The van der Waals surface area contributed by atoms with Gasteiger partial charge in [-0.25, -0.2) is 0 Å². The summed E-state index contributed by atoms with van der Waals surface area (Å²) in [6, 6.07) is 7.90. The lowest BCUT2D eigenvalue weighted by atomic mass is 9.78. The normalized spacial score (nSPS) is 13.3. The zero-order valence-corrected chi connectivity index (χ0v) is 42.5. The molecular weight excluding hydrogens is 805 g/mol. The molecule has 2 rings (SSSR count). The fourth-order valence-electron chi connectivity index (χ4n) is 7.88. The topological polar surface area (TPSA) is 151 Å². The number of rotatable bonds is 24. The summed E-state index contributed by atoms with van der Waals surface area (Å²) < 4.78 is 11.9. The molecule has 0 spiro atoms. The molecule has 10 heteroatoms. The van der Waals surface area contributed by atoms with Gasteiger partial charge in [0, 0.05) is 12.8 Å². The summed E-state index contributed by atoms with van der Waals surface area (Å²) in [5.41, 5.74) is 4.04. The first-order chi connectivity index (χ1) is 29.7. The first kappa shape index (κ1) is 56.1. The quantitative estimate of drug-likeness (QED) is 0.0462. The lowest BCUT2D eigenvalue weighted by Gasteiger charge is -2.28. The van der Waals surface area contributed by atoms with Crippen LogP contribution in [0.15, 0.2) is 24.3 Å². The van der Waals surface area contributed by atoms with Crippen LogP contribution in [0.5, 0.6) is 11.5 Å². The van der Waals surface area contributed by atoms with E-state index in [2.05, 4.69) is 108 Å². The van der Waals surface area contributed by atoms with Crippen LogP contribution >= 0.6 is 0 Å². The van der Waals surface area contributed by atoms with Gasteiger partial charge in [0.2, 0.25) is 0 Å². The Kier molecular flexibility index (Phi) is 22.4. The van der Waals surface area contributed by atoms with Crippen molar-refractivity contribution in [2.75, 3.05) is 13.1 Å². The van der Waals surface area contributed by atoms with Gasteiger partial charge in [0.25, 0.3) is 0 Å². The highest BCUT2D eigenvalue weighted by Crippen LogP contribution is 2.41. The van der Waals surface area contributed by atoms with Crippen LogP contribution in [0.1, 0.15) is 220 Å². The van der Waals surface area contributed by atoms with Crippen molar-refractivity contribution in [3.05, 3.63) is 57.6 Å². The van der Waals surface area contributed by atoms with Gasteiger partial charge in [0.05, 0.1) is 13.1 Å². The van der Waals surface area contributed by atoms with Crippen LogP contribution in [-0.2, 0) is 63.2 Å². The predicted molar refractivity (Wildman–Crippen MR) is 260 cm³/mol. The fourth-order valence-corrected chi connectivity index (χ4v) is 7.88. The highest BCUT2D eigenvalue weighted by Gasteiger charge is 2.29. The molecule has 2 aromatic rings. The Hall–Kier alpha value is -4.08. The third-order valence-electron chi connectivity index (χ3n) is 11.8. The van der Waals surface area contributed by atoms with Crippen LogP contribution in [0.3, 0.4) is 0 Å². The predicted octanol–water partition coefficient (Wildman–Crippen LogP) is 11.6. The standard InChI is InChI=1S/C54H88N2O8/c1-15-17-19-21-23-25-39(63-45(57)29-27-37-31-41(51(3,4)5)47(59)42(32-37)52(6,7)8)35-55-49(61)50(62)56-36-40(26-24-22-20-18-16-2)64-46(58)30-28-38-33-43(53(9,10)11)48(60)44(34-38)54(12,13)14/h31-34,39-40,59-60H,15-30,35-36H2,1-14H3,(H,55,61)(H,56,62). The Bertz CT molecular complexity index is 1600. The summed E-state index contributed by atoms with van der Waals surface area (Å²) in [4.78, 5) is 52.9. The smallest absolute Gasteiger partial charge is 0.309 e. The van der Waals surface area contributed by atoms with Crippen LogP contribution in [0, 0.1) is 0 Å². The highest BCUT2D eigenvalue weighted by molar-refractivity contribution is 6.35. The Morgan fingerprint density at radius 2 is 0.766 bits per heavy atom. The third kappa shape index (κ3) is 19.6. The van der Waals surface area contributed by atoms with Crippen molar-refractivity contribution in [1.82, 2.24) is 10.6 Å². The molecule has 362 valence electrons. The number of aryl methyl sites for hydroxylation is 2. The van der Waals surface area contributed by atoms with E-state index in [0.29, 0.717) is 37.2 Å². The second kappa shape index (κ2) is 25.6. The van der Waals surface area contributed by atoms with E-state index in [1.165, 1.54) is 0 Å². The number of benzene rings is 2. The third-order valence-corrected chi connectivity index (χ3v) is 11.8. The summed E-state index contributed by atoms with van der Waals surface area (Å²) >= 11 is 0. The molecule has 0 saturated carbocycles. The number of aromatic hydroxyl groups is 2. The zero-order valence-electron chi connectivity index (χ0n) is 42.5. The monoisotopic (exact) mass is 893 g/mol. The summed E-state index contributed by atoms with van der Waals surface area (Å²) in [5, 5.41) is 27.7. The maximum absolute atomic E-state index is 13.3. The number of carbonyl (C=O) groups excluding carboxylic acids is 4. The first-order valence-electron chi connectivity index (χ1n) is 24.4. The van der Waals surface area contributed by atoms with Gasteiger partial charge in [-0.1, -0.05) is 173 Å². The van der Waals surface area contributed by atoms with E-state index in [-0.39, 0.29) is 47.6 Å². The average molecular weight is 893 g/mol. The van der Waals surface area contributed by atoms with Gasteiger partial charge in [-0.05, 0) is 93.6 Å². The molecule has 2 unspecified atom stereocenters. The Morgan fingerprint density at radius 1 is 0.484 bits per heavy atom. The van der Waals surface area contributed by atoms with Crippen molar-refractivity contribution in [2.45, 2.75) is 234 Å². The van der Waals surface area contributed by atoms with E-state index >= 15 is 0 Å². The van der Waals surface area contributed by atoms with Crippen LogP contribution in [0.4, 0.5) is 0 Å². The average Bonchev–Trinajstić information content (AvgIpc) is 3.18. The summed E-state index contributed by atoms with van der Waals surface area (Å²) in [6.07, 6.45) is 11.1. The second-order valence-electron chi connectivity index (χ2n) is 22.1. The van der Waals surface area contributed by atoms with E-state index in [1.54, 1.807) is 0 Å². The van der Waals surface area contributed by atoms with Gasteiger partial charge in [0.15, 0.2) is 0 Å². The van der Waals surface area contributed by atoms with E-state index in [0.717, 1.165) is 97.6 Å². The number of hydrogen-bond donors (Lipinski definition) is 4. The molecule has 0 aliphatic rings. The number of phenols is 2. The molecule has 0 heterocycles. The number of hydrogen-bond acceptors (Lipinski definition) is 8. The van der Waals surface area contributed by atoms with Crippen LogP contribution in [0.2, 0.25) is 0 Å². The largest absolute Gasteiger partial charge is 0.507 e. The van der Waals surface area contributed by atoms with Crippen molar-refractivity contribution in [2.24, 2.45) is 0 Å². The summed E-state index contributed by atoms with van der Waals surface area (Å²) in [7, 11) is 0. The molecule has 10 nitrogen and oxygen atoms in total. The first-order valence-corrected chi connectivity index (χ1v) is 24.4. The minimum absolute atomic E-state index is 0.00567. The zero-order chi connectivity index (χ0) is 48.5. The van der Waals surface area contributed by atoms with Gasteiger partial charge >= 0.3 is 23.8 Å². The van der Waals surface area contributed by atoms with Crippen LogP contribution in [0.25, 0.3) is 0 Å². The van der Waals surface area contributed by atoms with Crippen LogP contribution in [-0.4, -0.2) is 59.3 Å². The SMILES string of the molecule is CCCCCCCC(CNC(=O)C(=O)NCC(CCCCCCC)OC(=O)CCc1cc(C(C)(C)C)c(O)c(C(C)(C)C)c1)OC(=O)CCc1cc(C(C)(C)C)c(O)c(C(C)(C)C)c1. The molecule has 0 bridgehead atoms. The number of phenolic OH excluding ortho intramolecular Hbond substituents is 2. The molecule has 4 N–H and O–H groups in total.